The van der Waals surface area contributed by atoms with Gasteiger partial charge in [-0.2, -0.15) is 0 Å². The lowest BCUT2D eigenvalue weighted by Crippen LogP contribution is -2.74. The molecule has 0 radical (unpaired) electrons. The molecule has 2 spiro atoms. The normalized spacial score (nSPS) is 40.7. The van der Waals surface area contributed by atoms with Crippen molar-refractivity contribution in [1.29, 1.82) is 0 Å². The zero-order valence-electron chi connectivity index (χ0n) is 50.4. The van der Waals surface area contributed by atoms with Crippen LogP contribution in [0.5, 0.6) is 0 Å². The highest BCUT2D eigenvalue weighted by Crippen LogP contribution is 2.84. The van der Waals surface area contributed by atoms with Gasteiger partial charge in [-0.1, -0.05) is 65.2 Å². The average molecular weight is 1130 g/mol. The van der Waals surface area contributed by atoms with Gasteiger partial charge in [0.2, 0.25) is 0 Å². The Labute approximate surface area is 490 Å². The van der Waals surface area contributed by atoms with Crippen molar-refractivity contribution < 1.29 is 39.2 Å². The molecule has 83 heavy (non-hydrogen) atoms. The first kappa shape index (κ1) is 55.0. The number of ketones is 2. The van der Waals surface area contributed by atoms with Gasteiger partial charge in [-0.25, -0.2) is 0 Å². The van der Waals surface area contributed by atoms with Crippen LogP contribution in [0.1, 0.15) is 213 Å². The Morgan fingerprint density at radius 2 is 1.70 bits per heavy atom. The number of aliphatic hydroxyl groups is 3. The lowest BCUT2D eigenvalue weighted by atomic mass is 9.27. The lowest BCUT2D eigenvalue weighted by Gasteiger charge is -2.76. The van der Waals surface area contributed by atoms with Crippen molar-refractivity contribution >= 4 is 28.9 Å². The maximum atomic E-state index is 16.3. The van der Waals surface area contributed by atoms with E-state index in [1.165, 1.54) is 17.7 Å². The number of hydrogen-bond donors (Lipinski definition) is 6. The number of aliphatic hydroxyl groups excluding tert-OH is 2. The van der Waals surface area contributed by atoms with E-state index in [4.69, 9.17) is 9.47 Å². The largest absolute Gasteiger partial charge is 0.392 e. The maximum absolute atomic E-state index is 16.3. The van der Waals surface area contributed by atoms with Crippen molar-refractivity contribution in [2.45, 2.75) is 217 Å². The smallest absolute Gasteiger partial charge is 0.160 e. The number of nitrogens with zero attached hydrogens (tertiary/aromatic N) is 1. The number of carbonyl (C=O) groups is 3. The molecule has 8 aliphatic carbocycles. The number of ether oxygens (including phenoxy) is 2. The number of hydrogen-bond acceptors (Lipinski definition) is 9. The minimum atomic E-state index is -1.07. The van der Waals surface area contributed by atoms with Gasteiger partial charge in [-0.3, -0.25) is 9.59 Å². The number of aldehydes is 1. The molecule has 4 aromatic rings. The van der Waals surface area contributed by atoms with Crippen LogP contribution in [0.4, 0.5) is 0 Å². The molecule has 442 valence electrons. The van der Waals surface area contributed by atoms with E-state index in [0.29, 0.717) is 89.4 Å². The number of nitrogens with one attached hydrogen (secondary N) is 3. The summed E-state index contributed by atoms with van der Waals surface area (Å²) in [6, 6.07) is 8.79. The number of Topliss-reactive ketones (excluding diaryl/α,β-unsaturated/α-hetero) is 2. The zero-order chi connectivity index (χ0) is 57.6. The van der Waals surface area contributed by atoms with E-state index in [0.717, 1.165) is 114 Å². The molecule has 16 atom stereocenters. The third-order valence-corrected chi connectivity index (χ3v) is 26.7. The topological polar surface area (TPSA) is 182 Å². The van der Waals surface area contributed by atoms with Crippen molar-refractivity contribution in [2.24, 2.45) is 56.2 Å². The number of rotatable bonds is 11. The summed E-state index contributed by atoms with van der Waals surface area (Å²) in [7, 11) is 1.99. The first-order chi connectivity index (χ1) is 39.7. The third kappa shape index (κ3) is 7.30. The van der Waals surface area contributed by atoms with Gasteiger partial charge in [0.25, 0.3) is 0 Å². The van der Waals surface area contributed by atoms with E-state index in [1.54, 1.807) is 0 Å². The van der Waals surface area contributed by atoms with Crippen LogP contribution in [0.3, 0.4) is 0 Å². The van der Waals surface area contributed by atoms with Gasteiger partial charge in [-0.15, -0.1) is 11.8 Å². The second-order valence-corrected chi connectivity index (χ2v) is 30.6. The van der Waals surface area contributed by atoms with Crippen molar-refractivity contribution in [2.75, 3.05) is 26.8 Å². The molecule has 2 saturated heterocycles. The van der Waals surface area contributed by atoms with E-state index in [2.05, 4.69) is 102 Å². The van der Waals surface area contributed by atoms with E-state index < -0.39 is 67.7 Å². The number of epoxide rings is 1. The average Bonchev–Trinajstić information content (AvgIpc) is 1.66. The number of aromatic nitrogens is 3. The van der Waals surface area contributed by atoms with E-state index in [-0.39, 0.29) is 41.5 Å². The molecule has 0 amide bonds. The molecular weight excluding hydrogens is 1040 g/mol. The number of allylic oxidation sites excluding steroid dienone is 1. The lowest BCUT2D eigenvalue weighted by molar-refractivity contribution is -0.270. The van der Waals surface area contributed by atoms with E-state index in [9.17, 15) is 20.1 Å². The summed E-state index contributed by atoms with van der Waals surface area (Å²) in [4.78, 5) is 54.2. The number of fused-ring (bicyclic) bond motifs is 7. The zero-order valence-corrected chi connectivity index (χ0v) is 50.4. The molecule has 3 aliphatic heterocycles. The second kappa shape index (κ2) is 18.7. The predicted molar refractivity (Wildman–Crippen MR) is 318 cm³/mol. The fourth-order valence-corrected chi connectivity index (χ4v) is 22.7. The van der Waals surface area contributed by atoms with Gasteiger partial charge in [0, 0.05) is 109 Å². The summed E-state index contributed by atoms with van der Waals surface area (Å²) in [6.45, 7) is 15.5. The number of H-pyrrole nitrogens is 2. The first-order valence-electron chi connectivity index (χ1n) is 32.5. The Bertz CT molecular complexity index is 3450. The summed E-state index contributed by atoms with van der Waals surface area (Å²) < 4.78 is 14.4. The van der Waals surface area contributed by atoms with Crippen LogP contribution in [0.2, 0.25) is 0 Å². The number of benzene rings is 1. The number of carbonyl (C=O) groups excluding carboxylic acids is 3. The molecule has 5 saturated carbocycles. The molecule has 12 heteroatoms. The Kier molecular flexibility index (Phi) is 12.4. The van der Waals surface area contributed by atoms with Crippen molar-refractivity contribution in [3.05, 3.63) is 93.1 Å². The van der Waals surface area contributed by atoms with Crippen LogP contribution < -0.4 is 5.32 Å². The summed E-state index contributed by atoms with van der Waals surface area (Å²) in [5.74, 6) is 6.80. The quantitative estimate of drug-likeness (QED) is 0.0484. The molecule has 1 aromatic carbocycles. The minimum Gasteiger partial charge on any atom is -0.392 e. The summed E-state index contributed by atoms with van der Waals surface area (Å²) in [6.07, 6.45) is 19.3. The van der Waals surface area contributed by atoms with Crippen LogP contribution in [0.25, 0.3) is 11.0 Å². The molecule has 11 aliphatic rings. The Morgan fingerprint density at radius 3 is 2.45 bits per heavy atom. The molecule has 16 unspecified atom stereocenters. The van der Waals surface area contributed by atoms with Crippen LogP contribution >= 0.6 is 0 Å². The Morgan fingerprint density at radius 1 is 0.928 bits per heavy atom. The first-order valence-corrected chi connectivity index (χ1v) is 32.5. The molecule has 12 nitrogen and oxygen atoms in total. The van der Waals surface area contributed by atoms with Gasteiger partial charge in [0.15, 0.2) is 5.78 Å². The van der Waals surface area contributed by atoms with Gasteiger partial charge in [0.1, 0.15) is 18.2 Å². The Balaban J connectivity index is 0.960. The predicted octanol–water partition coefficient (Wildman–Crippen LogP) is 11.1. The highest BCUT2D eigenvalue weighted by molar-refractivity contribution is 6.02. The third-order valence-electron chi connectivity index (χ3n) is 26.7. The molecule has 7 bridgehead atoms. The highest BCUT2D eigenvalue weighted by atomic mass is 16.6. The molecule has 7 fully saturated rings. The van der Waals surface area contributed by atoms with Crippen molar-refractivity contribution in [3.63, 3.8) is 0 Å². The maximum Gasteiger partial charge on any atom is 0.160 e. The van der Waals surface area contributed by atoms with Gasteiger partial charge in [-0.05, 0) is 177 Å². The van der Waals surface area contributed by atoms with Crippen LogP contribution in [-0.2, 0) is 42.4 Å². The van der Waals surface area contributed by atoms with Crippen LogP contribution in [-0.4, -0.2) is 98.4 Å². The SMILES string of the molecule is CNCCC1(C)C(=O)C2c3cc[nH]c3C3CCC2(C3)C2(C)C1CCC13CC#CCC4Cc5c[nH]c6c(C(C=O)c7cc(C8CCCCC8)cc(C8(O)CCOCC8)c7)cn(c56)CC(C5=C(C(=O)CC51C)C4(C)CC(O)C1OC1(C)C)C(O)C32. The van der Waals surface area contributed by atoms with Gasteiger partial charge >= 0.3 is 0 Å². The number of aromatic amines is 2. The molecular formula is C71H90N4O8. The second-order valence-electron chi connectivity index (χ2n) is 30.6. The Hall–Kier alpha value is -4.61. The summed E-state index contributed by atoms with van der Waals surface area (Å²) >= 11 is 0. The van der Waals surface area contributed by atoms with Crippen LogP contribution in [0, 0.1) is 68.0 Å². The molecule has 15 rings (SSSR count). The van der Waals surface area contributed by atoms with Gasteiger partial charge in [0.05, 0.1) is 46.3 Å². The monoisotopic (exact) mass is 1130 g/mol. The van der Waals surface area contributed by atoms with Crippen molar-refractivity contribution in [1.82, 2.24) is 19.9 Å². The molecule has 3 aromatic heterocycles. The van der Waals surface area contributed by atoms with E-state index in [1.807, 2.05) is 20.9 Å². The minimum absolute atomic E-state index is 0.0279. The standard InChI is InChI=1S/C71H90N4O8/c1-64(2)63(83-64)52(78)34-66(4)45-15-11-12-19-69-21-17-53-65(3,22-26-72-7)62(80)55-47-18-25-73-57(47)41-16-20-70(55,33-41)68(53,6)61(69)60(79)49(54-56(66)51(77)35-67(54,69)5)38-75-37-48(58-59(75)44(32-45)36-74-58)50(39-76)43-29-42(40-13-9-8-10-14-40)30-46(31-43)71(81)23-27-82-28-24-71/h18,25,29-31,36-37,39-41,45,49-50,52-53,55,60-61,63,72-74,78-79,81H,8-10,13-17,19-24,26-28,32-35,38H2,1-7H3. The summed E-state index contributed by atoms with van der Waals surface area (Å²) in [5.41, 5.74) is 5.54. The molecule has 6 heterocycles. The van der Waals surface area contributed by atoms with Crippen molar-refractivity contribution in [3.8, 4) is 11.8 Å². The molecule has 6 N–H and O–H groups in total. The fourth-order valence-electron chi connectivity index (χ4n) is 22.7. The van der Waals surface area contributed by atoms with E-state index >= 15 is 9.59 Å². The summed E-state index contributed by atoms with van der Waals surface area (Å²) in [5, 5.41) is 43.3. The van der Waals surface area contributed by atoms with Crippen LogP contribution in [0.15, 0.2) is 54.0 Å². The fraction of sp³-hybridized carbons (Fsp3) is 0.676. The van der Waals surface area contributed by atoms with Gasteiger partial charge < -0.3 is 49.4 Å². The highest BCUT2D eigenvalue weighted by Gasteiger charge is 2.81.